The Morgan fingerprint density at radius 3 is 2.59 bits per heavy atom. The Hall–Kier alpha value is -1.36. The molecule has 0 aromatic heterocycles. The van der Waals surface area contributed by atoms with Gasteiger partial charge in [0.25, 0.3) is 5.91 Å². The summed E-state index contributed by atoms with van der Waals surface area (Å²) in [4.78, 5) is 13.3. The predicted octanol–water partition coefficient (Wildman–Crippen LogP) is 3.06. The van der Waals surface area contributed by atoms with Crippen LogP contribution in [0.25, 0.3) is 0 Å². The monoisotopic (exact) mass is 381 g/mol. The molecule has 0 heterocycles. The van der Waals surface area contributed by atoms with Gasteiger partial charge in [-0.1, -0.05) is 45.7 Å². The molecule has 1 amide bonds. The molecule has 0 spiro atoms. The summed E-state index contributed by atoms with van der Waals surface area (Å²) >= 11 is 9.39. The average Bonchev–Trinajstić information content (AvgIpc) is 2.45. The predicted molar refractivity (Wildman–Crippen MR) is 94.4 cm³/mol. The number of amides is 1. The van der Waals surface area contributed by atoms with Crippen LogP contribution in [0.4, 0.5) is 5.69 Å². The number of rotatable bonds is 5. The lowest BCUT2D eigenvalue weighted by Gasteiger charge is -2.15. The molecular weight excluding hydrogens is 364 g/mol. The van der Waals surface area contributed by atoms with Crippen LogP contribution in [0.2, 0.25) is 5.02 Å². The van der Waals surface area contributed by atoms with Crippen molar-refractivity contribution in [3.63, 3.8) is 0 Å². The van der Waals surface area contributed by atoms with Crippen LogP contribution in [-0.2, 0) is 11.3 Å². The van der Waals surface area contributed by atoms with E-state index in [1.165, 1.54) is 5.56 Å². The number of carbonyl (C=O) groups is 1. The SMILES string of the molecule is Cc1ccc(Cl)cc1NC(=O)C[NH+](C)Cc1ccc(Br)cc1. The van der Waals surface area contributed by atoms with Crippen molar-refractivity contribution < 1.29 is 9.69 Å². The minimum atomic E-state index is -0.0139. The van der Waals surface area contributed by atoms with Crippen LogP contribution in [0.1, 0.15) is 11.1 Å². The summed E-state index contributed by atoms with van der Waals surface area (Å²) in [5.41, 5.74) is 2.98. The first kappa shape index (κ1) is 17.0. The second kappa shape index (κ2) is 7.77. The number of benzene rings is 2. The zero-order valence-corrected chi connectivity index (χ0v) is 15.0. The van der Waals surface area contributed by atoms with Crippen molar-refractivity contribution >= 4 is 39.1 Å². The molecule has 0 bridgehead atoms. The number of likely N-dealkylation sites (N-methyl/N-ethyl adjacent to an activating group) is 1. The van der Waals surface area contributed by atoms with E-state index in [1.54, 1.807) is 6.07 Å². The van der Waals surface area contributed by atoms with E-state index in [1.807, 2.05) is 38.2 Å². The maximum atomic E-state index is 12.1. The van der Waals surface area contributed by atoms with Crippen LogP contribution in [-0.4, -0.2) is 19.5 Å². The molecule has 0 aliphatic heterocycles. The largest absolute Gasteiger partial charge is 0.326 e. The van der Waals surface area contributed by atoms with E-state index >= 15 is 0 Å². The van der Waals surface area contributed by atoms with Gasteiger partial charge in [-0.3, -0.25) is 4.79 Å². The first-order valence-electron chi connectivity index (χ1n) is 7.06. The van der Waals surface area contributed by atoms with Crippen LogP contribution in [0, 0.1) is 6.92 Å². The molecule has 1 atom stereocenters. The maximum Gasteiger partial charge on any atom is 0.279 e. The average molecular weight is 383 g/mol. The van der Waals surface area contributed by atoms with Crippen LogP contribution < -0.4 is 10.2 Å². The lowest BCUT2D eigenvalue weighted by molar-refractivity contribution is -0.885. The normalized spacial score (nSPS) is 12.0. The summed E-state index contributed by atoms with van der Waals surface area (Å²) in [6.45, 7) is 3.15. The standard InChI is InChI=1S/C17H18BrClN2O/c1-12-3-8-15(19)9-16(12)20-17(22)11-21(2)10-13-4-6-14(18)7-5-13/h3-9H,10-11H2,1-2H3,(H,20,22)/p+1. The van der Waals surface area contributed by atoms with Crippen molar-refractivity contribution in [1.82, 2.24) is 0 Å². The number of anilines is 1. The van der Waals surface area contributed by atoms with Gasteiger partial charge in [-0.05, 0) is 36.8 Å². The number of hydrogen-bond donors (Lipinski definition) is 2. The van der Waals surface area contributed by atoms with Crippen LogP contribution in [0.15, 0.2) is 46.9 Å². The number of halogens is 2. The Kier molecular flexibility index (Phi) is 6.00. The second-order valence-corrected chi connectivity index (χ2v) is 6.80. The zero-order chi connectivity index (χ0) is 16.1. The van der Waals surface area contributed by atoms with Gasteiger partial charge >= 0.3 is 0 Å². The summed E-state index contributed by atoms with van der Waals surface area (Å²) in [5, 5.41) is 3.55. The van der Waals surface area contributed by atoms with E-state index in [9.17, 15) is 4.79 Å². The molecule has 2 aromatic rings. The molecule has 0 fully saturated rings. The van der Waals surface area contributed by atoms with Crippen molar-refractivity contribution in [3.8, 4) is 0 Å². The Labute approximate surface area is 144 Å². The third kappa shape index (κ3) is 5.13. The number of nitrogens with one attached hydrogen (secondary N) is 2. The summed E-state index contributed by atoms with van der Waals surface area (Å²) < 4.78 is 1.06. The first-order valence-corrected chi connectivity index (χ1v) is 8.23. The van der Waals surface area contributed by atoms with E-state index in [0.29, 0.717) is 11.6 Å². The fourth-order valence-electron chi connectivity index (χ4n) is 2.21. The second-order valence-electron chi connectivity index (χ2n) is 5.44. The highest BCUT2D eigenvalue weighted by Gasteiger charge is 2.12. The summed E-state index contributed by atoms with van der Waals surface area (Å²) in [7, 11) is 2.01. The number of hydrogen-bond acceptors (Lipinski definition) is 1. The molecule has 2 aromatic carbocycles. The zero-order valence-electron chi connectivity index (χ0n) is 12.6. The van der Waals surface area contributed by atoms with Crippen molar-refractivity contribution in [2.24, 2.45) is 0 Å². The highest BCUT2D eigenvalue weighted by atomic mass is 79.9. The van der Waals surface area contributed by atoms with Crippen molar-refractivity contribution in [2.75, 3.05) is 18.9 Å². The van der Waals surface area contributed by atoms with Crippen LogP contribution >= 0.6 is 27.5 Å². The Bertz CT molecular complexity index is 658. The number of quaternary nitrogens is 1. The quantitative estimate of drug-likeness (QED) is 0.819. The van der Waals surface area contributed by atoms with Gasteiger partial charge in [0, 0.05) is 20.7 Å². The minimum absolute atomic E-state index is 0.0139. The molecule has 2 N–H and O–H groups in total. The maximum absolute atomic E-state index is 12.1. The van der Waals surface area contributed by atoms with Gasteiger partial charge < -0.3 is 10.2 Å². The molecule has 0 saturated heterocycles. The van der Waals surface area contributed by atoms with Gasteiger partial charge in [-0.25, -0.2) is 0 Å². The Morgan fingerprint density at radius 2 is 1.91 bits per heavy atom. The molecule has 116 valence electrons. The Balaban J connectivity index is 1.91. The van der Waals surface area contributed by atoms with E-state index in [0.717, 1.165) is 27.2 Å². The molecule has 0 aliphatic rings. The molecule has 3 nitrogen and oxygen atoms in total. The van der Waals surface area contributed by atoms with Gasteiger partial charge in [0.05, 0.1) is 7.05 Å². The molecular formula is C17H19BrClN2O+. The van der Waals surface area contributed by atoms with Crippen LogP contribution in [0.5, 0.6) is 0 Å². The van der Waals surface area contributed by atoms with E-state index in [2.05, 4.69) is 33.4 Å². The molecule has 0 radical (unpaired) electrons. The van der Waals surface area contributed by atoms with E-state index in [4.69, 9.17) is 11.6 Å². The van der Waals surface area contributed by atoms with Crippen molar-refractivity contribution in [3.05, 3.63) is 63.1 Å². The highest BCUT2D eigenvalue weighted by molar-refractivity contribution is 9.10. The fourth-order valence-corrected chi connectivity index (χ4v) is 2.65. The van der Waals surface area contributed by atoms with Gasteiger partial charge in [0.15, 0.2) is 6.54 Å². The van der Waals surface area contributed by atoms with Gasteiger partial charge in [-0.2, -0.15) is 0 Å². The van der Waals surface area contributed by atoms with Crippen molar-refractivity contribution in [2.45, 2.75) is 13.5 Å². The fraction of sp³-hybridized carbons (Fsp3) is 0.235. The number of aryl methyl sites for hydroxylation is 1. The summed E-state index contributed by atoms with van der Waals surface area (Å²) in [6.07, 6.45) is 0. The first-order chi connectivity index (χ1) is 10.4. The lowest BCUT2D eigenvalue weighted by Crippen LogP contribution is -3.08. The third-order valence-corrected chi connectivity index (χ3v) is 4.12. The minimum Gasteiger partial charge on any atom is -0.326 e. The summed E-state index contributed by atoms with van der Waals surface area (Å²) in [6, 6.07) is 13.6. The summed E-state index contributed by atoms with van der Waals surface area (Å²) in [5.74, 6) is -0.0139. The number of carbonyl (C=O) groups excluding carboxylic acids is 1. The topological polar surface area (TPSA) is 33.5 Å². The van der Waals surface area contributed by atoms with Gasteiger partial charge in [0.2, 0.25) is 0 Å². The molecule has 22 heavy (non-hydrogen) atoms. The molecule has 0 saturated carbocycles. The third-order valence-electron chi connectivity index (χ3n) is 3.36. The van der Waals surface area contributed by atoms with E-state index in [-0.39, 0.29) is 5.91 Å². The van der Waals surface area contributed by atoms with Crippen molar-refractivity contribution in [1.29, 1.82) is 0 Å². The lowest BCUT2D eigenvalue weighted by atomic mass is 10.2. The van der Waals surface area contributed by atoms with Gasteiger partial charge in [-0.15, -0.1) is 0 Å². The molecule has 5 heteroatoms. The van der Waals surface area contributed by atoms with Crippen LogP contribution in [0.3, 0.4) is 0 Å². The highest BCUT2D eigenvalue weighted by Crippen LogP contribution is 2.19. The molecule has 0 aliphatic carbocycles. The van der Waals surface area contributed by atoms with Gasteiger partial charge in [0.1, 0.15) is 6.54 Å². The Morgan fingerprint density at radius 1 is 1.23 bits per heavy atom. The smallest absolute Gasteiger partial charge is 0.279 e. The molecule has 1 unspecified atom stereocenters. The molecule has 2 rings (SSSR count). The van der Waals surface area contributed by atoms with E-state index < -0.39 is 0 Å².